The van der Waals surface area contributed by atoms with E-state index >= 15 is 0 Å². The maximum absolute atomic E-state index is 12.3. The number of carbonyl (C=O) groups is 2. The second kappa shape index (κ2) is 9.26. The molecule has 0 unspecified atom stereocenters. The van der Waals surface area contributed by atoms with Crippen LogP contribution < -0.4 is 5.32 Å². The fourth-order valence-corrected chi connectivity index (χ4v) is 3.72. The van der Waals surface area contributed by atoms with Crippen molar-refractivity contribution in [3.63, 3.8) is 0 Å². The fourth-order valence-electron chi connectivity index (χ4n) is 3.72. The largest absolute Gasteiger partial charge is 0.355 e. The van der Waals surface area contributed by atoms with Crippen LogP contribution >= 0.6 is 0 Å². The van der Waals surface area contributed by atoms with Crippen LogP contribution in [0.15, 0.2) is 0 Å². The van der Waals surface area contributed by atoms with E-state index in [1.54, 1.807) is 0 Å². The first kappa shape index (κ1) is 18.2. The molecule has 0 aromatic carbocycles. The van der Waals surface area contributed by atoms with Crippen LogP contribution in [0.3, 0.4) is 0 Å². The number of carbonyl (C=O) groups excluding carboxylic acids is 2. The summed E-state index contributed by atoms with van der Waals surface area (Å²) in [6.45, 7) is 8.65. The molecule has 132 valence electrons. The van der Waals surface area contributed by atoms with Crippen molar-refractivity contribution < 1.29 is 9.59 Å². The third-order valence-electron chi connectivity index (χ3n) is 5.32. The second-order valence-electron chi connectivity index (χ2n) is 7.08. The van der Waals surface area contributed by atoms with Crippen LogP contribution in [0.1, 0.15) is 58.8 Å². The third-order valence-corrected chi connectivity index (χ3v) is 5.32. The zero-order valence-corrected chi connectivity index (χ0v) is 14.9. The molecule has 2 aliphatic heterocycles. The Hall–Kier alpha value is -1.10. The summed E-state index contributed by atoms with van der Waals surface area (Å²) in [5.74, 6) is 0.502. The molecular weight excluding hydrogens is 290 g/mol. The molecule has 23 heavy (non-hydrogen) atoms. The topological polar surface area (TPSA) is 52.7 Å². The quantitative estimate of drug-likeness (QED) is 0.813. The molecule has 2 heterocycles. The Bertz CT molecular complexity index is 392. The van der Waals surface area contributed by atoms with Gasteiger partial charge in [0.25, 0.3) is 0 Å². The van der Waals surface area contributed by atoms with Gasteiger partial charge in [0, 0.05) is 44.6 Å². The van der Waals surface area contributed by atoms with E-state index < -0.39 is 0 Å². The molecule has 2 fully saturated rings. The van der Waals surface area contributed by atoms with E-state index in [1.165, 1.54) is 19.3 Å². The number of hydrogen-bond donors (Lipinski definition) is 1. The summed E-state index contributed by atoms with van der Waals surface area (Å²) in [6, 6.07) is 0.647. The second-order valence-corrected chi connectivity index (χ2v) is 7.08. The van der Waals surface area contributed by atoms with Gasteiger partial charge in [-0.15, -0.1) is 0 Å². The van der Waals surface area contributed by atoms with Crippen LogP contribution in [0, 0.1) is 5.92 Å². The maximum atomic E-state index is 12.3. The van der Waals surface area contributed by atoms with Gasteiger partial charge in [0.2, 0.25) is 11.8 Å². The molecule has 0 saturated carbocycles. The van der Waals surface area contributed by atoms with Gasteiger partial charge in [-0.05, 0) is 45.6 Å². The van der Waals surface area contributed by atoms with Gasteiger partial charge in [0.15, 0.2) is 0 Å². The molecule has 5 nitrogen and oxygen atoms in total. The van der Waals surface area contributed by atoms with Gasteiger partial charge in [-0.25, -0.2) is 0 Å². The number of hydrogen-bond acceptors (Lipinski definition) is 3. The minimum absolute atomic E-state index is 0.0828. The van der Waals surface area contributed by atoms with Crippen LogP contribution in [0.25, 0.3) is 0 Å². The van der Waals surface area contributed by atoms with Crippen LogP contribution in [0.2, 0.25) is 0 Å². The maximum Gasteiger partial charge on any atom is 0.223 e. The van der Waals surface area contributed by atoms with Gasteiger partial charge in [0.1, 0.15) is 0 Å². The molecule has 5 heteroatoms. The third kappa shape index (κ3) is 5.48. The molecule has 0 bridgehead atoms. The molecule has 0 radical (unpaired) electrons. The first-order valence-corrected chi connectivity index (χ1v) is 9.41. The summed E-state index contributed by atoms with van der Waals surface area (Å²) in [6.07, 6.45) is 7.03. The Morgan fingerprint density at radius 3 is 2.48 bits per heavy atom. The number of likely N-dealkylation sites (tertiary alicyclic amines) is 2. The van der Waals surface area contributed by atoms with Crippen LogP contribution in [-0.2, 0) is 9.59 Å². The number of rotatable bonds is 6. The van der Waals surface area contributed by atoms with Crippen molar-refractivity contribution in [3.8, 4) is 0 Å². The minimum Gasteiger partial charge on any atom is -0.355 e. The van der Waals surface area contributed by atoms with Gasteiger partial charge in [-0.2, -0.15) is 0 Å². The van der Waals surface area contributed by atoms with Crippen molar-refractivity contribution in [2.24, 2.45) is 5.92 Å². The summed E-state index contributed by atoms with van der Waals surface area (Å²) in [5, 5.41) is 3.11. The zero-order chi connectivity index (χ0) is 16.7. The predicted octanol–water partition coefficient (Wildman–Crippen LogP) is 2.02. The van der Waals surface area contributed by atoms with Gasteiger partial charge >= 0.3 is 0 Å². The summed E-state index contributed by atoms with van der Waals surface area (Å²) < 4.78 is 0. The van der Waals surface area contributed by atoms with Crippen LogP contribution in [-0.4, -0.2) is 60.4 Å². The molecule has 2 saturated heterocycles. The number of piperidine rings is 2. The summed E-state index contributed by atoms with van der Waals surface area (Å²) in [7, 11) is 0. The minimum atomic E-state index is 0.0828. The fraction of sp³-hybridized carbons (Fsp3) is 0.889. The lowest BCUT2D eigenvalue weighted by atomic mass is 9.95. The molecule has 2 aliphatic rings. The normalized spacial score (nSPS) is 23.7. The Morgan fingerprint density at radius 1 is 1.09 bits per heavy atom. The highest BCUT2D eigenvalue weighted by molar-refractivity contribution is 5.80. The SMILES string of the molecule is CCCC(=O)N1CCC(C(=O)NCCN2CCCC[C@@H]2C)CC1. The monoisotopic (exact) mass is 323 g/mol. The number of amides is 2. The molecule has 2 rings (SSSR count). The van der Waals surface area contributed by atoms with Crippen LogP contribution in [0.4, 0.5) is 0 Å². The summed E-state index contributed by atoms with van der Waals surface area (Å²) in [5.41, 5.74) is 0. The van der Waals surface area contributed by atoms with Gasteiger partial charge in [-0.1, -0.05) is 13.3 Å². The Labute approximate surface area is 140 Å². The summed E-state index contributed by atoms with van der Waals surface area (Å²) >= 11 is 0. The highest BCUT2D eigenvalue weighted by Gasteiger charge is 2.27. The molecule has 0 aromatic heterocycles. The van der Waals surface area contributed by atoms with Crippen molar-refractivity contribution in [2.75, 3.05) is 32.7 Å². The Kier molecular flexibility index (Phi) is 7.34. The first-order valence-electron chi connectivity index (χ1n) is 9.41. The number of nitrogens with zero attached hydrogens (tertiary/aromatic N) is 2. The van der Waals surface area contributed by atoms with E-state index in [2.05, 4.69) is 17.1 Å². The highest BCUT2D eigenvalue weighted by atomic mass is 16.2. The van der Waals surface area contributed by atoms with E-state index in [4.69, 9.17) is 0 Å². The van der Waals surface area contributed by atoms with Crippen molar-refractivity contribution in [1.82, 2.24) is 15.1 Å². The molecule has 0 aliphatic carbocycles. The Balaban J connectivity index is 1.64. The standard InChI is InChI=1S/C18H33N3O2/c1-3-6-17(22)21-12-8-16(9-13-21)18(23)19-10-14-20-11-5-4-7-15(20)2/h15-16H,3-14H2,1-2H3,(H,19,23)/t15-/m0/s1. The predicted molar refractivity (Wildman–Crippen MR) is 92.1 cm³/mol. The van der Waals surface area contributed by atoms with E-state index in [0.717, 1.165) is 52.0 Å². The average Bonchev–Trinajstić information content (AvgIpc) is 2.57. The molecular formula is C18H33N3O2. The number of nitrogens with one attached hydrogen (secondary N) is 1. The van der Waals surface area contributed by atoms with Gasteiger partial charge < -0.3 is 10.2 Å². The van der Waals surface area contributed by atoms with Crippen molar-refractivity contribution in [1.29, 1.82) is 0 Å². The lowest BCUT2D eigenvalue weighted by Crippen LogP contribution is -2.46. The van der Waals surface area contributed by atoms with Gasteiger partial charge in [-0.3, -0.25) is 14.5 Å². The summed E-state index contributed by atoms with van der Waals surface area (Å²) in [4.78, 5) is 28.6. The molecule has 1 N–H and O–H groups in total. The lowest BCUT2D eigenvalue weighted by molar-refractivity contribution is -0.135. The molecule has 0 spiro atoms. The molecule has 2 amide bonds. The van der Waals surface area contributed by atoms with Crippen molar-refractivity contribution >= 4 is 11.8 Å². The molecule has 1 atom stereocenters. The van der Waals surface area contributed by atoms with E-state index in [1.807, 2.05) is 11.8 Å². The molecule has 0 aromatic rings. The van der Waals surface area contributed by atoms with Crippen molar-refractivity contribution in [3.05, 3.63) is 0 Å². The highest BCUT2D eigenvalue weighted by Crippen LogP contribution is 2.18. The first-order chi connectivity index (χ1) is 11.1. The smallest absolute Gasteiger partial charge is 0.223 e. The Morgan fingerprint density at radius 2 is 1.83 bits per heavy atom. The lowest BCUT2D eigenvalue weighted by Gasteiger charge is -2.34. The van der Waals surface area contributed by atoms with E-state index in [0.29, 0.717) is 12.5 Å². The van der Waals surface area contributed by atoms with E-state index in [-0.39, 0.29) is 17.7 Å². The van der Waals surface area contributed by atoms with Gasteiger partial charge in [0.05, 0.1) is 0 Å². The average molecular weight is 323 g/mol. The van der Waals surface area contributed by atoms with E-state index in [9.17, 15) is 9.59 Å². The van der Waals surface area contributed by atoms with Crippen molar-refractivity contribution in [2.45, 2.75) is 64.8 Å². The van der Waals surface area contributed by atoms with Crippen LogP contribution in [0.5, 0.6) is 0 Å². The zero-order valence-electron chi connectivity index (χ0n) is 14.9.